The summed E-state index contributed by atoms with van der Waals surface area (Å²) in [5, 5.41) is 20.5. The summed E-state index contributed by atoms with van der Waals surface area (Å²) < 4.78 is 0. The maximum Gasteiger partial charge on any atom is 0.117 e. The predicted molar refractivity (Wildman–Crippen MR) is 109 cm³/mol. The van der Waals surface area contributed by atoms with Crippen LogP contribution in [0.2, 0.25) is 0 Å². The van der Waals surface area contributed by atoms with Crippen LogP contribution in [0.3, 0.4) is 0 Å². The summed E-state index contributed by atoms with van der Waals surface area (Å²) >= 11 is 0. The molecule has 1 atom stereocenters. The molecule has 3 N–H and O–H groups in total. The fourth-order valence-electron chi connectivity index (χ4n) is 3.97. The van der Waals surface area contributed by atoms with Crippen molar-refractivity contribution in [3.63, 3.8) is 0 Å². The van der Waals surface area contributed by atoms with E-state index < -0.39 is 0 Å². The van der Waals surface area contributed by atoms with Gasteiger partial charge in [0.2, 0.25) is 0 Å². The number of aryl methyl sites for hydroxylation is 1. The Morgan fingerprint density at radius 1 is 1.04 bits per heavy atom. The highest BCUT2D eigenvalue weighted by molar-refractivity contribution is 5.84. The van der Waals surface area contributed by atoms with E-state index in [1.807, 2.05) is 18.2 Å². The van der Waals surface area contributed by atoms with Gasteiger partial charge >= 0.3 is 0 Å². The van der Waals surface area contributed by atoms with Crippen molar-refractivity contribution >= 4 is 10.9 Å². The lowest BCUT2D eigenvalue weighted by Crippen LogP contribution is -2.32. The summed E-state index contributed by atoms with van der Waals surface area (Å²) in [6.45, 7) is 3.09. The molecule has 4 rings (SSSR count). The normalized spacial score (nSPS) is 17.6. The van der Waals surface area contributed by atoms with Crippen molar-refractivity contribution in [2.75, 3.05) is 19.6 Å². The molecule has 4 nitrogen and oxygen atoms in total. The van der Waals surface area contributed by atoms with Crippen LogP contribution in [0.5, 0.6) is 11.5 Å². The molecule has 0 bridgehead atoms. The van der Waals surface area contributed by atoms with Crippen molar-refractivity contribution in [3.8, 4) is 11.5 Å². The number of rotatable bonds is 6. The van der Waals surface area contributed by atoms with Gasteiger partial charge in [-0.05, 0) is 61.2 Å². The van der Waals surface area contributed by atoms with Gasteiger partial charge in [-0.15, -0.1) is 0 Å². The summed E-state index contributed by atoms with van der Waals surface area (Å²) in [4.78, 5) is 5.74. The highest BCUT2D eigenvalue weighted by atomic mass is 16.3. The van der Waals surface area contributed by atoms with Gasteiger partial charge in [0.1, 0.15) is 11.5 Å². The SMILES string of the molecule is Oc1cccc(C2C=CCN(CCCCc3c[nH]c4cc(O)ccc34)C2)c1. The molecule has 27 heavy (non-hydrogen) atoms. The number of aromatic nitrogens is 1. The topological polar surface area (TPSA) is 59.5 Å². The largest absolute Gasteiger partial charge is 0.508 e. The van der Waals surface area contributed by atoms with Gasteiger partial charge in [-0.2, -0.15) is 0 Å². The average molecular weight is 362 g/mol. The van der Waals surface area contributed by atoms with Crippen molar-refractivity contribution in [2.24, 2.45) is 0 Å². The summed E-state index contributed by atoms with van der Waals surface area (Å²) in [6.07, 6.45) is 9.91. The number of hydrogen-bond donors (Lipinski definition) is 3. The second kappa shape index (κ2) is 7.89. The van der Waals surface area contributed by atoms with Crippen molar-refractivity contribution in [2.45, 2.75) is 25.2 Å². The lowest BCUT2D eigenvalue weighted by atomic mass is 9.95. The number of nitrogens with one attached hydrogen (secondary N) is 1. The van der Waals surface area contributed by atoms with Crippen LogP contribution in [-0.2, 0) is 6.42 Å². The van der Waals surface area contributed by atoms with Crippen LogP contribution in [-0.4, -0.2) is 39.7 Å². The monoisotopic (exact) mass is 362 g/mol. The molecule has 0 radical (unpaired) electrons. The molecular weight excluding hydrogens is 336 g/mol. The van der Waals surface area contributed by atoms with Crippen LogP contribution in [0.15, 0.2) is 60.8 Å². The third-order valence-corrected chi connectivity index (χ3v) is 5.41. The van der Waals surface area contributed by atoms with E-state index in [0.717, 1.165) is 44.4 Å². The van der Waals surface area contributed by atoms with Crippen LogP contribution in [0.1, 0.15) is 29.9 Å². The molecule has 0 saturated carbocycles. The molecule has 1 aliphatic heterocycles. The molecule has 140 valence electrons. The second-order valence-electron chi connectivity index (χ2n) is 7.39. The summed E-state index contributed by atoms with van der Waals surface area (Å²) in [7, 11) is 0. The molecular formula is C23H26N2O2. The van der Waals surface area contributed by atoms with Gasteiger partial charge in [-0.3, -0.25) is 4.90 Å². The quantitative estimate of drug-likeness (QED) is 0.445. The van der Waals surface area contributed by atoms with E-state index >= 15 is 0 Å². The maximum absolute atomic E-state index is 9.71. The fourth-order valence-corrected chi connectivity index (χ4v) is 3.97. The molecule has 3 aromatic rings. The number of unbranched alkanes of at least 4 members (excludes halogenated alkanes) is 1. The first-order chi connectivity index (χ1) is 13.2. The Morgan fingerprint density at radius 2 is 1.93 bits per heavy atom. The number of hydrogen-bond acceptors (Lipinski definition) is 3. The Hall–Kier alpha value is -2.72. The first-order valence-corrected chi connectivity index (χ1v) is 9.66. The Morgan fingerprint density at radius 3 is 2.81 bits per heavy atom. The third kappa shape index (κ3) is 4.17. The number of nitrogens with zero attached hydrogens (tertiary/aromatic N) is 1. The Bertz CT molecular complexity index is 944. The number of aromatic amines is 1. The number of fused-ring (bicyclic) bond motifs is 1. The van der Waals surface area contributed by atoms with Crippen LogP contribution < -0.4 is 0 Å². The molecule has 2 aromatic carbocycles. The molecule has 4 heteroatoms. The lowest BCUT2D eigenvalue weighted by Gasteiger charge is -2.29. The Balaban J connectivity index is 1.28. The van der Waals surface area contributed by atoms with E-state index in [1.165, 1.54) is 16.5 Å². The van der Waals surface area contributed by atoms with Crippen molar-refractivity contribution in [1.82, 2.24) is 9.88 Å². The van der Waals surface area contributed by atoms with E-state index in [1.54, 1.807) is 18.2 Å². The second-order valence-corrected chi connectivity index (χ2v) is 7.39. The van der Waals surface area contributed by atoms with Crippen LogP contribution in [0, 0.1) is 0 Å². The Kier molecular flexibility index (Phi) is 5.16. The molecule has 1 unspecified atom stereocenters. The highest BCUT2D eigenvalue weighted by Crippen LogP contribution is 2.26. The summed E-state index contributed by atoms with van der Waals surface area (Å²) in [5.41, 5.74) is 3.50. The Labute approximate surface area is 159 Å². The van der Waals surface area contributed by atoms with E-state index in [-0.39, 0.29) is 0 Å². The number of H-pyrrole nitrogens is 1. The van der Waals surface area contributed by atoms with Gasteiger partial charge in [0, 0.05) is 42.2 Å². The van der Waals surface area contributed by atoms with Gasteiger partial charge < -0.3 is 15.2 Å². The number of phenols is 2. The lowest BCUT2D eigenvalue weighted by molar-refractivity contribution is 0.278. The number of phenolic OH excluding ortho intramolecular Hbond substituents is 2. The molecule has 0 spiro atoms. The van der Waals surface area contributed by atoms with Crippen LogP contribution >= 0.6 is 0 Å². The number of benzene rings is 2. The predicted octanol–water partition coefficient (Wildman–Crippen LogP) is 4.56. The van der Waals surface area contributed by atoms with Crippen LogP contribution in [0.4, 0.5) is 0 Å². The van der Waals surface area contributed by atoms with Crippen LogP contribution in [0.25, 0.3) is 10.9 Å². The molecule has 0 fully saturated rings. The zero-order chi connectivity index (χ0) is 18.6. The van der Waals surface area contributed by atoms with E-state index in [9.17, 15) is 10.2 Å². The van der Waals surface area contributed by atoms with Crippen molar-refractivity contribution < 1.29 is 10.2 Å². The molecule has 1 aromatic heterocycles. The standard InChI is InChI=1S/C23H26N2O2/c26-20-8-3-6-17(13-20)19-7-4-12-25(16-19)11-2-1-5-18-15-24-23-14-21(27)9-10-22(18)23/h3-4,6-10,13-15,19,24,26-27H,1-2,5,11-12,16H2. The van der Waals surface area contributed by atoms with Gasteiger partial charge in [0.25, 0.3) is 0 Å². The van der Waals surface area contributed by atoms with E-state index in [2.05, 4.69) is 34.3 Å². The number of aromatic hydroxyl groups is 2. The minimum absolute atomic E-state index is 0.301. The molecule has 0 saturated heterocycles. The van der Waals surface area contributed by atoms with Gasteiger partial charge in [0.15, 0.2) is 0 Å². The van der Waals surface area contributed by atoms with E-state index in [0.29, 0.717) is 17.4 Å². The zero-order valence-corrected chi connectivity index (χ0v) is 15.4. The highest BCUT2D eigenvalue weighted by Gasteiger charge is 2.17. The minimum Gasteiger partial charge on any atom is -0.508 e. The summed E-state index contributed by atoms with van der Waals surface area (Å²) in [5.74, 6) is 0.993. The average Bonchev–Trinajstić information content (AvgIpc) is 3.07. The first kappa shape index (κ1) is 17.7. The third-order valence-electron chi connectivity index (χ3n) is 5.41. The zero-order valence-electron chi connectivity index (χ0n) is 15.4. The van der Waals surface area contributed by atoms with Gasteiger partial charge in [-0.1, -0.05) is 24.3 Å². The maximum atomic E-state index is 9.71. The van der Waals surface area contributed by atoms with E-state index in [4.69, 9.17) is 0 Å². The van der Waals surface area contributed by atoms with Gasteiger partial charge in [0.05, 0.1) is 0 Å². The molecule has 2 heterocycles. The molecule has 1 aliphatic rings. The van der Waals surface area contributed by atoms with Crippen molar-refractivity contribution in [3.05, 3.63) is 71.9 Å². The minimum atomic E-state index is 0.301. The first-order valence-electron chi connectivity index (χ1n) is 9.66. The smallest absolute Gasteiger partial charge is 0.117 e. The molecule has 0 amide bonds. The van der Waals surface area contributed by atoms with Gasteiger partial charge in [-0.25, -0.2) is 0 Å². The summed E-state index contributed by atoms with van der Waals surface area (Å²) in [6, 6.07) is 13.1. The van der Waals surface area contributed by atoms with Crippen molar-refractivity contribution in [1.29, 1.82) is 0 Å². The molecule has 0 aliphatic carbocycles. The fraction of sp³-hybridized carbons (Fsp3) is 0.304.